The molecule has 3 rings (SSSR count). The lowest BCUT2D eigenvalue weighted by atomic mass is 10.3. The van der Waals surface area contributed by atoms with Gasteiger partial charge in [0.15, 0.2) is 0 Å². The largest absolute Gasteiger partial charge is 0.243 e. The third-order valence-electron chi connectivity index (χ3n) is 3.58. The molecule has 0 unspecified atom stereocenters. The van der Waals surface area contributed by atoms with Gasteiger partial charge in [-0.3, -0.25) is 0 Å². The van der Waals surface area contributed by atoms with Crippen LogP contribution in [0.4, 0.5) is 4.39 Å². The highest BCUT2D eigenvalue weighted by atomic mass is 32.2. The van der Waals surface area contributed by atoms with Crippen LogP contribution in [0.15, 0.2) is 35.5 Å². The minimum Gasteiger partial charge on any atom is -0.238 e. The van der Waals surface area contributed by atoms with Crippen LogP contribution in [0.3, 0.4) is 0 Å². The average molecular weight is 309 g/mol. The smallest absolute Gasteiger partial charge is 0.238 e. The van der Waals surface area contributed by atoms with Crippen LogP contribution in [0.5, 0.6) is 0 Å². The summed E-state index contributed by atoms with van der Waals surface area (Å²) in [7, 11) is -3.59. The van der Waals surface area contributed by atoms with Gasteiger partial charge in [0.1, 0.15) is 11.5 Å². The molecule has 0 spiro atoms. The van der Waals surface area contributed by atoms with Gasteiger partial charge in [-0.2, -0.15) is 9.40 Å². The van der Waals surface area contributed by atoms with Gasteiger partial charge < -0.3 is 0 Å². The molecule has 1 fully saturated rings. The highest BCUT2D eigenvalue weighted by molar-refractivity contribution is 7.89. The molecule has 5 nitrogen and oxygen atoms in total. The lowest BCUT2D eigenvalue weighted by Crippen LogP contribution is -2.28. The Labute approximate surface area is 123 Å². The SMILES string of the molecule is Cc1cnn(-c2ccc(S(=O)(=O)N3CCCC3)cc2F)c1. The fraction of sp³-hybridized carbons (Fsp3) is 0.357. The van der Waals surface area contributed by atoms with Crippen molar-refractivity contribution >= 4 is 10.0 Å². The van der Waals surface area contributed by atoms with Gasteiger partial charge in [0.2, 0.25) is 10.0 Å². The molecule has 1 aliphatic heterocycles. The first-order chi connectivity index (χ1) is 9.98. The highest BCUT2D eigenvalue weighted by Gasteiger charge is 2.27. The molecular weight excluding hydrogens is 293 g/mol. The van der Waals surface area contributed by atoms with Crippen molar-refractivity contribution in [3.8, 4) is 5.69 Å². The molecule has 21 heavy (non-hydrogen) atoms. The molecule has 0 aliphatic carbocycles. The molecule has 0 N–H and O–H groups in total. The summed E-state index contributed by atoms with van der Waals surface area (Å²) in [5.74, 6) is -0.599. The Bertz CT molecular complexity index is 764. The molecule has 1 saturated heterocycles. The molecule has 7 heteroatoms. The summed E-state index contributed by atoms with van der Waals surface area (Å²) in [4.78, 5) is -0.00507. The first kappa shape index (κ1) is 14.2. The van der Waals surface area contributed by atoms with E-state index in [0.29, 0.717) is 13.1 Å². The third-order valence-corrected chi connectivity index (χ3v) is 5.48. The molecule has 1 aliphatic rings. The fourth-order valence-electron chi connectivity index (χ4n) is 2.46. The highest BCUT2D eigenvalue weighted by Crippen LogP contribution is 2.23. The summed E-state index contributed by atoms with van der Waals surface area (Å²) in [5, 5.41) is 4.03. The quantitative estimate of drug-likeness (QED) is 0.872. The van der Waals surface area contributed by atoms with Crippen molar-refractivity contribution in [3.63, 3.8) is 0 Å². The molecule has 112 valence electrons. The minimum absolute atomic E-state index is 0.00507. The zero-order valence-corrected chi connectivity index (χ0v) is 12.5. The molecule has 2 aromatic rings. The summed E-state index contributed by atoms with van der Waals surface area (Å²) in [6.07, 6.45) is 5.01. The molecule has 0 saturated carbocycles. The van der Waals surface area contributed by atoms with Crippen molar-refractivity contribution in [2.45, 2.75) is 24.7 Å². The molecule has 0 bridgehead atoms. The predicted molar refractivity (Wildman–Crippen MR) is 76.3 cm³/mol. The number of benzene rings is 1. The lowest BCUT2D eigenvalue weighted by molar-refractivity contribution is 0.476. The normalized spacial score (nSPS) is 16.5. The van der Waals surface area contributed by atoms with Gasteiger partial charge in [0.05, 0.1) is 11.1 Å². The third kappa shape index (κ3) is 2.58. The van der Waals surface area contributed by atoms with Crippen LogP contribution in [0.2, 0.25) is 0 Å². The monoisotopic (exact) mass is 309 g/mol. The average Bonchev–Trinajstić information content (AvgIpc) is 3.10. The van der Waals surface area contributed by atoms with Crippen LogP contribution in [-0.2, 0) is 10.0 Å². The molecule has 0 atom stereocenters. The van der Waals surface area contributed by atoms with Gasteiger partial charge in [-0.1, -0.05) is 0 Å². The summed E-state index contributed by atoms with van der Waals surface area (Å²) >= 11 is 0. The van der Waals surface area contributed by atoms with Crippen LogP contribution >= 0.6 is 0 Å². The van der Waals surface area contributed by atoms with Gasteiger partial charge in [-0.05, 0) is 43.5 Å². The zero-order chi connectivity index (χ0) is 15.0. The Morgan fingerprint density at radius 3 is 2.52 bits per heavy atom. The van der Waals surface area contributed by atoms with E-state index in [4.69, 9.17) is 0 Å². The second-order valence-corrected chi connectivity index (χ2v) is 7.12. The van der Waals surface area contributed by atoms with E-state index in [2.05, 4.69) is 5.10 Å². The van der Waals surface area contributed by atoms with Crippen LogP contribution in [0, 0.1) is 12.7 Å². The number of sulfonamides is 1. The van der Waals surface area contributed by atoms with E-state index in [9.17, 15) is 12.8 Å². The van der Waals surface area contributed by atoms with Gasteiger partial charge >= 0.3 is 0 Å². The molecule has 0 amide bonds. The number of nitrogens with zero attached hydrogens (tertiary/aromatic N) is 3. The Morgan fingerprint density at radius 2 is 1.95 bits per heavy atom. The van der Waals surface area contributed by atoms with Crippen molar-refractivity contribution in [3.05, 3.63) is 42.0 Å². The summed E-state index contributed by atoms with van der Waals surface area (Å²) in [6, 6.07) is 3.95. The Hall–Kier alpha value is -1.73. The van der Waals surface area contributed by atoms with Gasteiger partial charge in [-0.15, -0.1) is 0 Å². The molecule has 1 aromatic carbocycles. The van der Waals surface area contributed by atoms with E-state index in [1.165, 1.54) is 21.1 Å². The van der Waals surface area contributed by atoms with Crippen molar-refractivity contribution in [2.24, 2.45) is 0 Å². The number of hydrogen-bond acceptors (Lipinski definition) is 3. The molecule has 0 radical (unpaired) electrons. The maximum absolute atomic E-state index is 14.2. The van der Waals surface area contributed by atoms with Crippen molar-refractivity contribution in [2.75, 3.05) is 13.1 Å². The van der Waals surface area contributed by atoms with Crippen molar-refractivity contribution in [1.29, 1.82) is 0 Å². The number of aromatic nitrogens is 2. The van der Waals surface area contributed by atoms with E-state index in [1.54, 1.807) is 12.4 Å². The van der Waals surface area contributed by atoms with Crippen molar-refractivity contribution < 1.29 is 12.8 Å². The van der Waals surface area contributed by atoms with Crippen molar-refractivity contribution in [1.82, 2.24) is 14.1 Å². The summed E-state index contributed by atoms with van der Waals surface area (Å²) in [6.45, 7) is 2.86. The van der Waals surface area contributed by atoms with Crippen LogP contribution in [-0.4, -0.2) is 35.6 Å². The molecule has 1 aromatic heterocycles. The standard InChI is InChI=1S/C14H16FN3O2S/c1-11-9-16-18(10-11)14-5-4-12(8-13(14)15)21(19,20)17-6-2-3-7-17/h4-5,8-10H,2-3,6-7H2,1H3. The predicted octanol–water partition coefficient (Wildman–Crippen LogP) is 2.10. The van der Waals surface area contributed by atoms with E-state index in [1.807, 2.05) is 6.92 Å². The maximum Gasteiger partial charge on any atom is 0.243 e. The molecule has 2 heterocycles. The zero-order valence-electron chi connectivity index (χ0n) is 11.7. The van der Waals surface area contributed by atoms with E-state index >= 15 is 0 Å². The lowest BCUT2D eigenvalue weighted by Gasteiger charge is -2.16. The first-order valence-corrected chi connectivity index (χ1v) is 8.24. The second kappa shape index (κ2) is 5.23. The second-order valence-electron chi connectivity index (χ2n) is 5.19. The topological polar surface area (TPSA) is 55.2 Å². The van der Waals surface area contributed by atoms with E-state index in [-0.39, 0.29) is 10.6 Å². The number of aryl methyl sites for hydroxylation is 1. The van der Waals surface area contributed by atoms with Gasteiger partial charge in [0.25, 0.3) is 0 Å². The van der Waals surface area contributed by atoms with Crippen LogP contribution in [0.1, 0.15) is 18.4 Å². The fourth-order valence-corrected chi connectivity index (χ4v) is 3.99. The number of halogens is 1. The maximum atomic E-state index is 14.2. The summed E-state index contributed by atoms with van der Waals surface area (Å²) in [5.41, 5.74) is 1.15. The summed E-state index contributed by atoms with van der Waals surface area (Å²) < 4.78 is 41.8. The first-order valence-electron chi connectivity index (χ1n) is 6.80. The number of rotatable bonds is 3. The molecular formula is C14H16FN3O2S. The Balaban J connectivity index is 1.98. The van der Waals surface area contributed by atoms with Crippen LogP contribution < -0.4 is 0 Å². The number of hydrogen-bond donors (Lipinski definition) is 0. The van der Waals surface area contributed by atoms with Gasteiger partial charge in [0, 0.05) is 19.3 Å². The minimum atomic E-state index is -3.59. The Morgan fingerprint density at radius 1 is 1.24 bits per heavy atom. The van der Waals surface area contributed by atoms with Gasteiger partial charge in [-0.25, -0.2) is 17.5 Å². The van der Waals surface area contributed by atoms with E-state index < -0.39 is 15.8 Å². The van der Waals surface area contributed by atoms with E-state index in [0.717, 1.165) is 24.5 Å². The van der Waals surface area contributed by atoms with Crippen LogP contribution in [0.25, 0.3) is 5.69 Å². The Kier molecular flexibility index (Phi) is 3.54.